The van der Waals surface area contributed by atoms with Crippen LogP contribution in [0.25, 0.3) is 0 Å². The number of likely N-dealkylation sites (tertiary alicyclic amines) is 1. The molecule has 2 heterocycles. The number of ether oxygens (including phenoxy) is 1. The molecule has 1 amide bonds. The zero-order chi connectivity index (χ0) is 14.4. The van der Waals surface area contributed by atoms with E-state index < -0.39 is 0 Å². The second-order valence-corrected chi connectivity index (χ2v) is 6.36. The lowest BCUT2D eigenvalue weighted by atomic mass is 9.80. The Labute approximate surface area is 123 Å². The largest absolute Gasteiger partial charge is 0.381 e. The topological polar surface area (TPSA) is 55.6 Å². The van der Waals surface area contributed by atoms with E-state index in [-0.39, 0.29) is 11.9 Å². The smallest absolute Gasteiger partial charge is 0.239 e. The Morgan fingerprint density at radius 3 is 2.40 bits per heavy atom. The number of hydrogen-bond donors (Lipinski definition) is 1. The third-order valence-corrected chi connectivity index (χ3v) is 4.97. The molecule has 0 radical (unpaired) electrons. The van der Waals surface area contributed by atoms with Crippen LogP contribution in [0.2, 0.25) is 0 Å². The molecule has 2 saturated heterocycles. The molecule has 2 fully saturated rings. The van der Waals surface area contributed by atoms with Crippen molar-refractivity contribution < 1.29 is 9.53 Å². The second-order valence-electron chi connectivity index (χ2n) is 6.36. The summed E-state index contributed by atoms with van der Waals surface area (Å²) in [7, 11) is 0. The van der Waals surface area contributed by atoms with Gasteiger partial charge in [-0.3, -0.25) is 4.79 Å². The lowest BCUT2D eigenvalue weighted by molar-refractivity contribution is -0.134. The summed E-state index contributed by atoms with van der Waals surface area (Å²) in [5.41, 5.74) is 6.00. The molecule has 1 atom stereocenters. The van der Waals surface area contributed by atoms with Crippen LogP contribution in [0, 0.1) is 11.8 Å². The van der Waals surface area contributed by atoms with Crippen molar-refractivity contribution in [3.8, 4) is 0 Å². The van der Waals surface area contributed by atoms with Crippen LogP contribution in [-0.4, -0.2) is 43.2 Å². The zero-order valence-corrected chi connectivity index (χ0v) is 12.9. The molecule has 0 aromatic heterocycles. The first-order chi connectivity index (χ1) is 9.72. The Kier molecular flexibility index (Phi) is 6.30. The summed E-state index contributed by atoms with van der Waals surface area (Å²) in [6, 6.07) is -0.283. The highest BCUT2D eigenvalue weighted by molar-refractivity contribution is 5.81. The normalized spacial score (nSPS) is 23.8. The fraction of sp³-hybridized carbons (Fsp3) is 0.938. The first-order valence-corrected chi connectivity index (χ1v) is 8.34. The maximum Gasteiger partial charge on any atom is 0.239 e. The first-order valence-electron chi connectivity index (χ1n) is 8.34. The third-order valence-electron chi connectivity index (χ3n) is 4.97. The van der Waals surface area contributed by atoms with Crippen molar-refractivity contribution in [3.63, 3.8) is 0 Å². The Morgan fingerprint density at radius 2 is 1.80 bits per heavy atom. The minimum Gasteiger partial charge on any atom is -0.381 e. The lowest BCUT2D eigenvalue weighted by Gasteiger charge is -2.38. The van der Waals surface area contributed by atoms with Gasteiger partial charge in [-0.05, 0) is 43.9 Å². The minimum absolute atomic E-state index is 0.170. The van der Waals surface area contributed by atoms with Crippen LogP contribution < -0.4 is 5.73 Å². The summed E-state index contributed by atoms with van der Waals surface area (Å²) in [6.07, 6.45) is 7.69. The van der Waals surface area contributed by atoms with Crippen molar-refractivity contribution in [2.45, 2.75) is 57.9 Å². The molecule has 0 aromatic carbocycles. The molecule has 0 saturated carbocycles. The lowest BCUT2D eigenvalue weighted by Crippen LogP contribution is -2.48. The first kappa shape index (κ1) is 15.8. The number of hydrogen-bond acceptors (Lipinski definition) is 3. The SMILES string of the molecule is CCCC[C@H](N)C(=O)N1CCC(C2CCOCC2)CC1. The number of piperidine rings is 1. The van der Waals surface area contributed by atoms with Gasteiger partial charge in [0.15, 0.2) is 0 Å². The number of unbranched alkanes of at least 4 members (excludes halogenated alkanes) is 1. The highest BCUT2D eigenvalue weighted by atomic mass is 16.5. The van der Waals surface area contributed by atoms with Gasteiger partial charge in [-0.25, -0.2) is 0 Å². The van der Waals surface area contributed by atoms with Gasteiger partial charge >= 0.3 is 0 Å². The standard InChI is InChI=1S/C16H30N2O2/c1-2-3-4-15(17)16(19)18-9-5-13(6-10-18)14-7-11-20-12-8-14/h13-15H,2-12,17H2,1H3/t15-/m0/s1. The summed E-state index contributed by atoms with van der Waals surface area (Å²) in [5.74, 6) is 1.77. The van der Waals surface area contributed by atoms with Crippen molar-refractivity contribution in [3.05, 3.63) is 0 Å². The van der Waals surface area contributed by atoms with Crippen molar-refractivity contribution in [2.24, 2.45) is 17.6 Å². The molecule has 0 aliphatic carbocycles. The molecule has 0 bridgehead atoms. The van der Waals surface area contributed by atoms with Gasteiger partial charge in [0.1, 0.15) is 0 Å². The molecule has 0 spiro atoms. The molecule has 2 rings (SSSR count). The fourth-order valence-electron chi connectivity index (χ4n) is 3.56. The Hall–Kier alpha value is -0.610. The number of nitrogens with two attached hydrogens (primary N) is 1. The number of carbonyl (C=O) groups is 1. The van der Waals surface area contributed by atoms with E-state index in [0.29, 0.717) is 0 Å². The van der Waals surface area contributed by atoms with Crippen molar-refractivity contribution in [2.75, 3.05) is 26.3 Å². The Morgan fingerprint density at radius 1 is 1.20 bits per heavy atom. The maximum absolute atomic E-state index is 12.3. The van der Waals surface area contributed by atoms with E-state index in [1.165, 1.54) is 12.8 Å². The van der Waals surface area contributed by atoms with E-state index in [1.807, 2.05) is 4.90 Å². The van der Waals surface area contributed by atoms with E-state index >= 15 is 0 Å². The Balaban J connectivity index is 1.74. The summed E-state index contributed by atoms with van der Waals surface area (Å²) < 4.78 is 5.44. The molecule has 4 nitrogen and oxygen atoms in total. The summed E-state index contributed by atoms with van der Waals surface area (Å²) in [5, 5.41) is 0. The predicted molar refractivity (Wildman–Crippen MR) is 80.3 cm³/mol. The van der Waals surface area contributed by atoms with E-state index in [0.717, 1.165) is 70.2 Å². The van der Waals surface area contributed by atoms with Gasteiger partial charge in [0.05, 0.1) is 6.04 Å². The molecule has 2 aliphatic rings. The Bertz CT molecular complexity index is 295. The van der Waals surface area contributed by atoms with Gasteiger partial charge in [-0.2, -0.15) is 0 Å². The quantitative estimate of drug-likeness (QED) is 0.841. The van der Waals surface area contributed by atoms with Crippen LogP contribution in [0.3, 0.4) is 0 Å². The molecule has 2 N–H and O–H groups in total. The van der Waals surface area contributed by atoms with Crippen LogP contribution in [0.4, 0.5) is 0 Å². The van der Waals surface area contributed by atoms with Crippen LogP contribution in [0.1, 0.15) is 51.9 Å². The van der Waals surface area contributed by atoms with Crippen molar-refractivity contribution in [1.82, 2.24) is 4.90 Å². The van der Waals surface area contributed by atoms with Gasteiger partial charge in [0.2, 0.25) is 5.91 Å². The third kappa shape index (κ3) is 4.19. The minimum atomic E-state index is -0.283. The van der Waals surface area contributed by atoms with Gasteiger partial charge < -0.3 is 15.4 Å². The molecular weight excluding hydrogens is 252 g/mol. The van der Waals surface area contributed by atoms with Gasteiger partial charge in [0.25, 0.3) is 0 Å². The number of carbonyl (C=O) groups excluding carboxylic acids is 1. The average molecular weight is 282 g/mol. The molecule has 4 heteroatoms. The summed E-state index contributed by atoms with van der Waals surface area (Å²) in [6.45, 7) is 5.79. The monoisotopic (exact) mass is 282 g/mol. The van der Waals surface area contributed by atoms with Crippen molar-refractivity contribution >= 4 is 5.91 Å². The summed E-state index contributed by atoms with van der Waals surface area (Å²) >= 11 is 0. The van der Waals surface area contributed by atoms with E-state index in [1.54, 1.807) is 0 Å². The summed E-state index contributed by atoms with van der Waals surface area (Å²) in [4.78, 5) is 14.3. The highest BCUT2D eigenvalue weighted by Crippen LogP contribution is 2.31. The van der Waals surface area contributed by atoms with Gasteiger partial charge in [0, 0.05) is 26.3 Å². The predicted octanol–water partition coefficient (Wildman–Crippen LogP) is 2.17. The van der Waals surface area contributed by atoms with Gasteiger partial charge in [-0.1, -0.05) is 19.8 Å². The second kappa shape index (κ2) is 7.99. The zero-order valence-electron chi connectivity index (χ0n) is 12.9. The van der Waals surface area contributed by atoms with E-state index in [9.17, 15) is 4.79 Å². The molecule has 116 valence electrons. The maximum atomic E-state index is 12.3. The van der Waals surface area contributed by atoms with E-state index in [4.69, 9.17) is 10.5 Å². The average Bonchev–Trinajstić information content (AvgIpc) is 2.53. The van der Waals surface area contributed by atoms with Crippen LogP contribution >= 0.6 is 0 Å². The van der Waals surface area contributed by atoms with E-state index in [2.05, 4.69) is 6.92 Å². The van der Waals surface area contributed by atoms with Crippen LogP contribution in [0.15, 0.2) is 0 Å². The molecule has 0 aromatic rings. The van der Waals surface area contributed by atoms with Crippen molar-refractivity contribution in [1.29, 1.82) is 0 Å². The molecule has 20 heavy (non-hydrogen) atoms. The molecule has 2 aliphatic heterocycles. The molecule has 0 unspecified atom stereocenters. The highest BCUT2D eigenvalue weighted by Gasteiger charge is 2.30. The fourth-order valence-corrected chi connectivity index (χ4v) is 3.56. The number of amides is 1. The van der Waals surface area contributed by atoms with Crippen LogP contribution in [-0.2, 0) is 9.53 Å². The molecular formula is C16H30N2O2. The number of nitrogens with zero attached hydrogens (tertiary/aromatic N) is 1. The van der Waals surface area contributed by atoms with Gasteiger partial charge in [-0.15, -0.1) is 0 Å². The number of rotatable bonds is 5. The van der Waals surface area contributed by atoms with Crippen LogP contribution in [0.5, 0.6) is 0 Å².